The second-order valence-electron chi connectivity index (χ2n) is 5.01. The highest BCUT2D eigenvalue weighted by molar-refractivity contribution is 5.46. The van der Waals surface area contributed by atoms with Crippen molar-refractivity contribution >= 4 is 0 Å². The third-order valence-electron chi connectivity index (χ3n) is 3.64. The lowest BCUT2D eigenvalue weighted by Gasteiger charge is -2.19. The monoisotopic (exact) mass is 282 g/mol. The summed E-state index contributed by atoms with van der Waals surface area (Å²) >= 11 is 0. The zero-order chi connectivity index (χ0) is 14.5. The first-order valence-corrected chi connectivity index (χ1v) is 6.80. The first-order chi connectivity index (χ1) is 9.73. The molecule has 0 saturated heterocycles. The van der Waals surface area contributed by atoms with Gasteiger partial charge in [0.1, 0.15) is 18.1 Å². The van der Waals surface area contributed by atoms with Gasteiger partial charge in [0.2, 0.25) is 0 Å². The van der Waals surface area contributed by atoms with Gasteiger partial charge in [-0.25, -0.2) is 0 Å². The summed E-state index contributed by atoms with van der Waals surface area (Å²) < 4.78 is 16.4. The van der Waals surface area contributed by atoms with Crippen LogP contribution in [0.4, 0.5) is 0 Å². The topological polar surface area (TPSA) is 68.2 Å². The minimum absolute atomic E-state index is 0.0650. The van der Waals surface area contributed by atoms with Gasteiger partial charge in [-0.2, -0.15) is 0 Å². The van der Waals surface area contributed by atoms with Crippen LogP contribution in [-0.2, 0) is 18.0 Å². The molecule has 20 heavy (non-hydrogen) atoms. The van der Waals surface area contributed by atoms with Crippen LogP contribution in [0, 0.1) is 5.92 Å². The van der Waals surface area contributed by atoms with Crippen LogP contribution < -0.4 is 9.47 Å². The molecule has 1 unspecified atom stereocenters. The maximum Gasteiger partial charge on any atom is 0.130 e. The largest absolute Gasteiger partial charge is 0.497 e. The summed E-state index contributed by atoms with van der Waals surface area (Å²) in [6, 6.07) is 3.43. The van der Waals surface area contributed by atoms with E-state index in [4.69, 9.17) is 14.2 Å². The zero-order valence-corrected chi connectivity index (χ0v) is 12.0. The van der Waals surface area contributed by atoms with E-state index in [1.807, 2.05) is 0 Å². The lowest BCUT2D eigenvalue weighted by molar-refractivity contribution is 0.0411. The molecule has 0 amide bonds. The van der Waals surface area contributed by atoms with Crippen molar-refractivity contribution in [3.05, 3.63) is 23.3 Å². The average molecular weight is 282 g/mol. The molecule has 1 fully saturated rings. The molecule has 0 heterocycles. The number of aliphatic hydroxyl groups excluding tert-OH is 2. The number of hydrogen-bond donors (Lipinski definition) is 2. The molecule has 1 atom stereocenters. The fourth-order valence-electron chi connectivity index (χ4n) is 2.29. The summed E-state index contributed by atoms with van der Waals surface area (Å²) in [6.07, 6.45) is 2.41. The Morgan fingerprint density at radius 2 is 1.75 bits per heavy atom. The molecule has 1 aromatic carbocycles. The molecule has 1 aromatic rings. The van der Waals surface area contributed by atoms with Crippen molar-refractivity contribution in [1.29, 1.82) is 0 Å². The molecule has 112 valence electrons. The molecule has 1 saturated carbocycles. The van der Waals surface area contributed by atoms with Crippen LogP contribution in [-0.4, -0.2) is 37.1 Å². The summed E-state index contributed by atoms with van der Waals surface area (Å²) in [6.45, 7) is 0.0920. The van der Waals surface area contributed by atoms with Crippen LogP contribution >= 0.6 is 0 Å². The Hall–Kier alpha value is -1.30. The number of benzene rings is 1. The molecular weight excluding hydrogens is 260 g/mol. The second-order valence-corrected chi connectivity index (χ2v) is 5.01. The Balaban J connectivity index is 2.15. The van der Waals surface area contributed by atoms with Gasteiger partial charge in [0, 0.05) is 18.2 Å². The van der Waals surface area contributed by atoms with E-state index in [2.05, 4.69) is 0 Å². The maximum atomic E-state index is 9.45. The third-order valence-corrected chi connectivity index (χ3v) is 3.64. The lowest BCUT2D eigenvalue weighted by atomic mass is 10.1. The summed E-state index contributed by atoms with van der Waals surface area (Å²) in [4.78, 5) is 0. The number of rotatable bonds is 8. The van der Waals surface area contributed by atoms with Crippen LogP contribution in [0.5, 0.6) is 11.5 Å². The zero-order valence-electron chi connectivity index (χ0n) is 12.0. The van der Waals surface area contributed by atoms with Crippen LogP contribution in [0.2, 0.25) is 0 Å². The predicted octanol–water partition coefficient (Wildman–Crippen LogP) is 1.48. The van der Waals surface area contributed by atoms with E-state index < -0.39 is 0 Å². The van der Waals surface area contributed by atoms with E-state index in [0.29, 0.717) is 35.2 Å². The van der Waals surface area contributed by atoms with Crippen molar-refractivity contribution < 1.29 is 24.4 Å². The van der Waals surface area contributed by atoms with Crippen molar-refractivity contribution in [1.82, 2.24) is 0 Å². The van der Waals surface area contributed by atoms with Crippen molar-refractivity contribution in [3.63, 3.8) is 0 Å². The van der Waals surface area contributed by atoms with Crippen molar-refractivity contribution in [2.75, 3.05) is 20.8 Å². The molecule has 0 bridgehead atoms. The van der Waals surface area contributed by atoms with Crippen molar-refractivity contribution in [2.24, 2.45) is 5.92 Å². The fraction of sp³-hybridized carbons (Fsp3) is 0.600. The van der Waals surface area contributed by atoms with Crippen LogP contribution in [0.1, 0.15) is 24.0 Å². The van der Waals surface area contributed by atoms with E-state index in [-0.39, 0.29) is 19.3 Å². The second kappa shape index (κ2) is 6.92. The summed E-state index contributed by atoms with van der Waals surface area (Å²) in [5.74, 6) is 1.68. The quantitative estimate of drug-likeness (QED) is 0.756. The molecule has 1 aliphatic rings. The Labute approximate surface area is 119 Å². The van der Waals surface area contributed by atoms with E-state index >= 15 is 0 Å². The molecule has 2 rings (SSSR count). The lowest BCUT2D eigenvalue weighted by Crippen LogP contribution is -2.23. The molecule has 2 N–H and O–H groups in total. The molecule has 0 radical (unpaired) electrons. The van der Waals surface area contributed by atoms with Crippen LogP contribution in [0.25, 0.3) is 0 Å². The molecule has 5 heteroatoms. The van der Waals surface area contributed by atoms with E-state index in [0.717, 1.165) is 0 Å². The van der Waals surface area contributed by atoms with Gasteiger partial charge in [0.05, 0.1) is 26.4 Å². The molecule has 5 nitrogen and oxygen atoms in total. The van der Waals surface area contributed by atoms with Gasteiger partial charge in [0.25, 0.3) is 0 Å². The van der Waals surface area contributed by atoms with Gasteiger partial charge < -0.3 is 24.4 Å². The SMILES string of the molecule is COc1cc(CO)c(OCC(OC)C2CC2)c(CO)c1. The Morgan fingerprint density at radius 1 is 1.15 bits per heavy atom. The number of hydrogen-bond acceptors (Lipinski definition) is 5. The molecular formula is C15H22O5. The van der Waals surface area contributed by atoms with E-state index in [1.165, 1.54) is 12.8 Å². The van der Waals surface area contributed by atoms with Crippen LogP contribution in [0.15, 0.2) is 12.1 Å². The predicted molar refractivity (Wildman–Crippen MR) is 73.9 cm³/mol. The van der Waals surface area contributed by atoms with Crippen LogP contribution in [0.3, 0.4) is 0 Å². The van der Waals surface area contributed by atoms with E-state index in [1.54, 1.807) is 26.4 Å². The molecule has 1 aliphatic carbocycles. The minimum Gasteiger partial charge on any atom is -0.497 e. The third kappa shape index (κ3) is 3.42. The highest BCUT2D eigenvalue weighted by Crippen LogP contribution is 2.35. The fourth-order valence-corrected chi connectivity index (χ4v) is 2.29. The van der Waals surface area contributed by atoms with E-state index in [9.17, 15) is 10.2 Å². The normalized spacial score (nSPS) is 16.0. The Morgan fingerprint density at radius 3 is 2.15 bits per heavy atom. The number of methoxy groups -OCH3 is 2. The number of aliphatic hydroxyl groups is 2. The first-order valence-electron chi connectivity index (χ1n) is 6.80. The molecule has 0 aromatic heterocycles. The summed E-state index contributed by atoms with van der Waals surface area (Å²) in [5.41, 5.74) is 1.22. The summed E-state index contributed by atoms with van der Waals surface area (Å²) in [7, 11) is 3.23. The standard InChI is InChI=1S/C15H22O5/c1-18-13-5-11(7-16)15(12(6-13)8-17)20-9-14(19-2)10-3-4-10/h5-6,10,14,16-17H,3-4,7-9H2,1-2H3. The van der Waals surface area contributed by atoms with Gasteiger partial charge in [0.15, 0.2) is 0 Å². The molecule has 0 aliphatic heterocycles. The average Bonchev–Trinajstić information content (AvgIpc) is 3.32. The van der Waals surface area contributed by atoms with Crippen molar-refractivity contribution in [2.45, 2.75) is 32.2 Å². The Bertz CT molecular complexity index is 417. The number of ether oxygens (including phenoxy) is 3. The molecule has 0 spiro atoms. The van der Waals surface area contributed by atoms with Gasteiger partial charge in [-0.15, -0.1) is 0 Å². The summed E-state index contributed by atoms with van der Waals surface area (Å²) in [5, 5.41) is 18.9. The first kappa shape index (κ1) is 15.1. The van der Waals surface area contributed by atoms with Crippen molar-refractivity contribution in [3.8, 4) is 11.5 Å². The van der Waals surface area contributed by atoms with Gasteiger partial charge in [-0.1, -0.05) is 0 Å². The van der Waals surface area contributed by atoms with Gasteiger partial charge in [-0.05, 0) is 30.9 Å². The van der Waals surface area contributed by atoms with Gasteiger partial charge in [-0.3, -0.25) is 0 Å². The Kier molecular flexibility index (Phi) is 5.23. The minimum atomic E-state index is -0.166. The highest BCUT2D eigenvalue weighted by atomic mass is 16.5. The maximum absolute atomic E-state index is 9.45. The smallest absolute Gasteiger partial charge is 0.130 e. The van der Waals surface area contributed by atoms with Gasteiger partial charge >= 0.3 is 0 Å². The highest BCUT2D eigenvalue weighted by Gasteiger charge is 2.32.